The SMILES string of the molecule is CCCC(O)c1cc(CC)c2c(c1)CC(=O)N2. The molecule has 3 nitrogen and oxygen atoms in total. The Morgan fingerprint density at radius 2 is 2.18 bits per heavy atom. The summed E-state index contributed by atoms with van der Waals surface area (Å²) >= 11 is 0. The zero-order valence-corrected chi connectivity index (χ0v) is 10.4. The first-order valence-corrected chi connectivity index (χ1v) is 6.29. The molecule has 17 heavy (non-hydrogen) atoms. The topological polar surface area (TPSA) is 49.3 Å². The Balaban J connectivity index is 2.38. The number of benzene rings is 1. The molecule has 0 fully saturated rings. The van der Waals surface area contributed by atoms with E-state index in [1.54, 1.807) is 0 Å². The maximum atomic E-state index is 11.4. The fraction of sp³-hybridized carbons (Fsp3) is 0.500. The number of hydrogen-bond acceptors (Lipinski definition) is 2. The number of amides is 1. The molecule has 2 rings (SSSR count). The molecule has 1 aromatic rings. The van der Waals surface area contributed by atoms with Crippen molar-refractivity contribution >= 4 is 11.6 Å². The van der Waals surface area contributed by atoms with Gasteiger partial charge in [-0.2, -0.15) is 0 Å². The highest BCUT2D eigenvalue weighted by Crippen LogP contribution is 2.32. The molecule has 1 aliphatic rings. The number of rotatable bonds is 4. The van der Waals surface area contributed by atoms with Gasteiger partial charge in [-0.1, -0.05) is 32.4 Å². The highest BCUT2D eigenvalue weighted by atomic mass is 16.3. The first kappa shape index (κ1) is 12.1. The van der Waals surface area contributed by atoms with Crippen molar-refractivity contribution in [1.82, 2.24) is 0 Å². The Labute approximate surface area is 102 Å². The number of aliphatic hydroxyl groups excluding tert-OH is 1. The summed E-state index contributed by atoms with van der Waals surface area (Å²) in [6.07, 6.45) is 2.62. The molecule has 0 bridgehead atoms. The van der Waals surface area contributed by atoms with Gasteiger partial charge >= 0.3 is 0 Å². The molecular weight excluding hydrogens is 214 g/mol. The van der Waals surface area contributed by atoms with Crippen molar-refractivity contribution in [2.45, 2.75) is 45.6 Å². The molecule has 0 aromatic heterocycles. The normalized spacial score (nSPS) is 15.6. The van der Waals surface area contributed by atoms with E-state index >= 15 is 0 Å². The van der Waals surface area contributed by atoms with Gasteiger partial charge in [0.2, 0.25) is 5.91 Å². The molecule has 1 atom stereocenters. The van der Waals surface area contributed by atoms with Crippen molar-refractivity contribution in [1.29, 1.82) is 0 Å². The van der Waals surface area contributed by atoms with E-state index in [4.69, 9.17) is 0 Å². The third-order valence-corrected chi connectivity index (χ3v) is 3.27. The summed E-state index contributed by atoms with van der Waals surface area (Å²) in [6.45, 7) is 4.12. The number of carbonyl (C=O) groups excluding carboxylic acids is 1. The average molecular weight is 233 g/mol. The highest BCUT2D eigenvalue weighted by molar-refractivity contribution is 6.00. The van der Waals surface area contributed by atoms with Crippen molar-refractivity contribution in [3.8, 4) is 0 Å². The van der Waals surface area contributed by atoms with Crippen LogP contribution < -0.4 is 5.32 Å². The standard InChI is InChI=1S/C14H19NO2/c1-3-5-12(16)10-6-9(4-2)14-11(7-10)8-13(17)15-14/h6-7,12,16H,3-5,8H2,1-2H3,(H,15,17). The van der Waals surface area contributed by atoms with Gasteiger partial charge in [-0.3, -0.25) is 4.79 Å². The first-order chi connectivity index (χ1) is 8.15. The quantitative estimate of drug-likeness (QED) is 0.839. The van der Waals surface area contributed by atoms with Crippen molar-refractivity contribution < 1.29 is 9.90 Å². The second-order valence-corrected chi connectivity index (χ2v) is 4.60. The molecule has 92 valence electrons. The number of fused-ring (bicyclic) bond motifs is 1. The molecule has 1 unspecified atom stereocenters. The minimum atomic E-state index is -0.411. The summed E-state index contributed by atoms with van der Waals surface area (Å²) in [7, 11) is 0. The fourth-order valence-corrected chi connectivity index (χ4v) is 2.36. The van der Waals surface area contributed by atoms with E-state index in [0.717, 1.165) is 41.6 Å². The van der Waals surface area contributed by atoms with Crippen molar-refractivity contribution in [2.24, 2.45) is 0 Å². The lowest BCUT2D eigenvalue weighted by atomic mass is 9.96. The Bertz CT molecular complexity index is 440. The van der Waals surface area contributed by atoms with Crippen LogP contribution in [0.3, 0.4) is 0 Å². The van der Waals surface area contributed by atoms with Crippen LogP contribution in [0.1, 0.15) is 49.5 Å². The molecule has 0 saturated heterocycles. The van der Waals surface area contributed by atoms with Gasteiger partial charge in [0, 0.05) is 5.69 Å². The zero-order chi connectivity index (χ0) is 12.4. The average Bonchev–Trinajstić information content (AvgIpc) is 2.68. The Kier molecular flexibility index (Phi) is 3.48. The van der Waals surface area contributed by atoms with E-state index in [-0.39, 0.29) is 5.91 Å². The molecule has 3 heteroatoms. The Hall–Kier alpha value is -1.35. The maximum absolute atomic E-state index is 11.4. The van der Waals surface area contributed by atoms with Crippen LogP contribution in [0.4, 0.5) is 5.69 Å². The van der Waals surface area contributed by atoms with E-state index < -0.39 is 6.10 Å². The number of anilines is 1. The molecule has 1 aliphatic heterocycles. The lowest BCUT2D eigenvalue weighted by molar-refractivity contribution is -0.115. The van der Waals surface area contributed by atoms with Crippen LogP contribution in [0, 0.1) is 0 Å². The molecule has 2 N–H and O–H groups in total. The van der Waals surface area contributed by atoms with Crippen molar-refractivity contribution in [2.75, 3.05) is 5.32 Å². The van der Waals surface area contributed by atoms with E-state index in [2.05, 4.69) is 19.2 Å². The van der Waals surface area contributed by atoms with E-state index in [1.807, 2.05) is 12.1 Å². The molecule has 0 saturated carbocycles. The maximum Gasteiger partial charge on any atom is 0.228 e. The van der Waals surface area contributed by atoms with Crippen LogP contribution in [-0.2, 0) is 17.6 Å². The molecule has 0 spiro atoms. The van der Waals surface area contributed by atoms with E-state index in [1.165, 1.54) is 0 Å². The number of carbonyl (C=O) groups is 1. The largest absolute Gasteiger partial charge is 0.388 e. The lowest BCUT2D eigenvalue weighted by Crippen LogP contribution is -2.05. The van der Waals surface area contributed by atoms with E-state index in [9.17, 15) is 9.90 Å². The third kappa shape index (κ3) is 2.34. The van der Waals surface area contributed by atoms with Crippen molar-refractivity contribution in [3.63, 3.8) is 0 Å². The predicted molar refractivity (Wildman–Crippen MR) is 68.0 cm³/mol. The third-order valence-electron chi connectivity index (χ3n) is 3.27. The van der Waals surface area contributed by atoms with Crippen LogP contribution in [-0.4, -0.2) is 11.0 Å². The van der Waals surface area contributed by atoms with Gasteiger partial charge in [0.05, 0.1) is 12.5 Å². The first-order valence-electron chi connectivity index (χ1n) is 6.29. The summed E-state index contributed by atoms with van der Waals surface area (Å²) in [4.78, 5) is 11.4. The molecule has 0 radical (unpaired) electrons. The van der Waals surface area contributed by atoms with Gasteiger partial charge in [0.25, 0.3) is 0 Å². The molecular formula is C14H19NO2. The van der Waals surface area contributed by atoms with Crippen molar-refractivity contribution in [3.05, 3.63) is 28.8 Å². The Morgan fingerprint density at radius 1 is 1.41 bits per heavy atom. The van der Waals surface area contributed by atoms with Crippen LogP contribution in [0.2, 0.25) is 0 Å². The van der Waals surface area contributed by atoms with Gasteiger partial charge in [0.1, 0.15) is 0 Å². The second kappa shape index (κ2) is 4.88. The van der Waals surface area contributed by atoms with Crippen LogP contribution in [0.25, 0.3) is 0 Å². The smallest absolute Gasteiger partial charge is 0.228 e. The number of aryl methyl sites for hydroxylation is 1. The van der Waals surface area contributed by atoms with Gasteiger partial charge in [-0.15, -0.1) is 0 Å². The van der Waals surface area contributed by atoms with Crippen LogP contribution >= 0.6 is 0 Å². The zero-order valence-electron chi connectivity index (χ0n) is 10.4. The highest BCUT2D eigenvalue weighted by Gasteiger charge is 2.22. The molecule has 1 heterocycles. The fourth-order valence-electron chi connectivity index (χ4n) is 2.36. The number of nitrogens with one attached hydrogen (secondary N) is 1. The Morgan fingerprint density at radius 3 is 2.82 bits per heavy atom. The lowest BCUT2D eigenvalue weighted by Gasteiger charge is -2.14. The monoisotopic (exact) mass is 233 g/mol. The second-order valence-electron chi connectivity index (χ2n) is 4.60. The van der Waals surface area contributed by atoms with Gasteiger partial charge in [-0.25, -0.2) is 0 Å². The predicted octanol–water partition coefficient (Wildman–Crippen LogP) is 2.58. The number of hydrogen-bond donors (Lipinski definition) is 2. The molecule has 1 aromatic carbocycles. The van der Waals surface area contributed by atoms with Gasteiger partial charge < -0.3 is 10.4 Å². The summed E-state index contributed by atoms with van der Waals surface area (Å²) in [6, 6.07) is 3.98. The van der Waals surface area contributed by atoms with Crippen LogP contribution in [0.5, 0.6) is 0 Å². The summed E-state index contributed by atoms with van der Waals surface area (Å²) < 4.78 is 0. The number of aliphatic hydroxyl groups is 1. The van der Waals surface area contributed by atoms with Crippen LogP contribution in [0.15, 0.2) is 12.1 Å². The summed E-state index contributed by atoms with van der Waals surface area (Å²) in [5, 5.41) is 12.9. The minimum absolute atomic E-state index is 0.0526. The van der Waals surface area contributed by atoms with Gasteiger partial charge in [0.15, 0.2) is 0 Å². The minimum Gasteiger partial charge on any atom is -0.388 e. The summed E-state index contributed by atoms with van der Waals surface area (Å²) in [5.74, 6) is 0.0526. The van der Waals surface area contributed by atoms with E-state index in [0.29, 0.717) is 6.42 Å². The summed E-state index contributed by atoms with van der Waals surface area (Å²) in [5.41, 5.74) is 4.06. The molecule has 1 amide bonds. The van der Waals surface area contributed by atoms with Gasteiger partial charge in [-0.05, 0) is 29.5 Å². The molecule has 0 aliphatic carbocycles.